The van der Waals surface area contributed by atoms with Crippen molar-refractivity contribution in [2.24, 2.45) is 0 Å². The van der Waals surface area contributed by atoms with Gasteiger partial charge in [-0.05, 0) is 83.9 Å². The molecule has 0 saturated carbocycles. The van der Waals surface area contributed by atoms with Crippen molar-refractivity contribution in [3.05, 3.63) is 200 Å². The van der Waals surface area contributed by atoms with Gasteiger partial charge in [0.1, 0.15) is 11.2 Å². The van der Waals surface area contributed by atoms with E-state index >= 15 is 0 Å². The molecular formula is C57H33N5OS. The Balaban J connectivity index is 1.01. The predicted octanol–water partition coefficient (Wildman–Crippen LogP) is 15.3. The van der Waals surface area contributed by atoms with Crippen LogP contribution in [-0.4, -0.2) is 24.1 Å². The predicted molar refractivity (Wildman–Crippen MR) is 265 cm³/mol. The number of hydrogen-bond donors (Lipinski definition) is 0. The highest BCUT2D eigenvalue weighted by Gasteiger charge is 2.23. The lowest BCUT2D eigenvalue weighted by Crippen LogP contribution is -2.06. The lowest BCUT2D eigenvalue weighted by atomic mass is 10.0. The van der Waals surface area contributed by atoms with Crippen LogP contribution < -0.4 is 0 Å². The van der Waals surface area contributed by atoms with Gasteiger partial charge in [-0.15, -0.1) is 11.3 Å². The molecule has 64 heavy (non-hydrogen) atoms. The first-order chi connectivity index (χ1) is 31.7. The Hall–Kier alpha value is -8.39. The highest BCUT2D eigenvalue weighted by molar-refractivity contribution is 7.25. The van der Waals surface area contributed by atoms with Crippen LogP contribution in [0.2, 0.25) is 0 Å². The van der Waals surface area contributed by atoms with E-state index < -0.39 is 0 Å². The van der Waals surface area contributed by atoms with Crippen LogP contribution in [0.25, 0.3) is 131 Å². The number of aromatic nitrogens is 5. The average Bonchev–Trinajstić information content (AvgIpc) is 4.11. The van der Waals surface area contributed by atoms with Crippen molar-refractivity contribution in [3.8, 4) is 45.5 Å². The summed E-state index contributed by atoms with van der Waals surface area (Å²) in [6.07, 6.45) is 0. The van der Waals surface area contributed by atoms with E-state index in [1.165, 1.54) is 36.6 Å². The monoisotopic (exact) mass is 835 g/mol. The lowest BCUT2D eigenvalue weighted by Gasteiger charge is -2.12. The molecule has 0 saturated heterocycles. The number of thiophene rings is 1. The third kappa shape index (κ3) is 5.16. The van der Waals surface area contributed by atoms with E-state index in [0.29, 0.717) is 17.6 Å². The molecule has 9 aromatic carbocycles. The minimum absolute atomic E-state index is 0.551. The summed E-state index contributed by atoms with van der Waals surface area (Å²) >= 11 is 1.79. The number of benzene rings is 9. The molecule has 0 N–H and O–H groups in total. The Morgan fingerprint density at radius 2 is 0.891 bits per heavy atom. The second-order valence-electron chi connectivity index (χ2n) is 16.3. The van der Waals surface area contributed by atoms with Crippen LogP contribution in [0.15, 0.2) is 205 Å². The summed E-state index contributed by atoms with van der Waals surface area (Å²) in [5.74, 6) is 1.75. The van der Waals surface area contributed by atoms with Crippen LogP contribution in [0.5, 0.6) is 0 Å². The van der Waals surface area contributed by atoms with Gasteiger partial charge in [0, 0.05) is 69.3 Å². The van der Waals surface area contributed by atoms with Gasteiger partial charge in [-0.25, -0.2) is 4.98 Å². The molecule has 5 aromatic heterocycles. The van der Waals surface area contributed by atoms with Crippen LogP contribution >= 0.6 is 11.3 Å². The second-order valence-corrected chi connectivity index (χ2v) is 17.4. The summed E-state index contributed by atoms with van der Waals surface area (Å²) in [7, 11) is 0. The molecule has 0 amide bonds. The molecule has 0 spiro atoms. The molecule has 0 aliphatic rings. The van der Waals surface area contributed by atoms with Gasteiger partial charge in [0.2, 0.25) is 5.95 Å². The van der Waals surface area contributed by atoms with Crippen molar-refractivity contribution in [1.82, 2.24) is 24.1 Å². The third-order valence-corrected chi connectivity index (χ3v) is 13.9. The minimum Gasteiger partial charge on any atom is -0.456 e. The lowest BCUT2D eigenvalue weighted by molar-refractivity contribution is 0.669. The van der Waals surface area contributed by atoms with Crippen molar-refractivity contribution >= 4 is 97.1 Å². The maximum Gasteiger partial charge on any atom is 0.238 e. The van der Waals surface area contributed by atoms with Gasteiger partial charge in [-0.2, -0.15) is 9.97 Å². The molecule has 0 aliphatic carbocycles. The van der Waals surface area contributed by atoms with Crippen molar-refractivity contribution in [3.63, 3.8) is 0 Å². The quantitative estimate of drug-likeness (QED) is 0.173. The number of para-hydroxylation sites is 4. The van der Waals surface area contributed by atoms with E-state index in [1.54, 1.807) is 11.3 Å². The first-order valence-corrected chi connectivity index (χ1v) is 22.3. The fourth-order valence-electron chi connectivity index (χ4n) is 10.0. The van der Waals surface area contributed by atoms with E-state index in [1.807, 2.05) is 30.3 Å². The smallest absolute Gasteiger partial charge is 0.238 e. The summed E-state index contributed by atoms with van der Waals surface area (Å²) in [5, 5.41) is 9.04. The highest BCUT2D eigenvalue weighted by Crippen LogP contribution is 2.42. The van der Waals surface area contributed by atoms with Gasteiger partial charge < -0.3 is 8.98 Å². The van der Waals surface area contributed by atoms with Gasteiger partial charge in [-0.3, -0.25) is 4.57 Å². The van der Waals surface area contributed by atoms with Crippen LogP contribution in [0.4, 0.5) is 0 Å². The van der Waals surface area contributed by atoms with Crippen molar-refractivity contribution in [2.45, 2.75) is 0 Å². The normalized spacial score (nSPS) is 12.1. The fourth-order valence-corrected chi connectivity index (χ4v) is 11.1. The topological polar surface area (TPSA) is 61.7 Å². The number of hydrogen-bond acceptors (Lipinski definition) is 5. The largest absolute Gasteiger partial charge is 0.456 e. The Bertz CT molecular complexity index is 4080. The molecular weight excluding hydrogens is 803 g/mol. The van der Waals surface area contributed by atoms with E-state index in [-0.39, 0.29) is 0 Å². The molecule has 14 rings (SSSR count). The van der Waals surface area contributed by atoms with Crippen LogP contribution in [0, 0.1) is 0 Å². The summed E-state index contributed by atoms with van der Waals surface area (Å²) in [4.78, 5) is 16.2. The Morgan fingerprint density at radius 1 is 0.359 bits per heavy atom. The van der Waals surface area contributed by atoms with E-state index in [0.717, 1.165) is 77.1 Å². The summed E-state index contributed by atoms with van der Waals surface area (Å²) < 4.78 is 13.4. The molecule has 6 nitrogen and oxygen atoms in total. The molecule has 0 unspecified atom stereocenters. The first kappa shape index (κ1) is 35.2. The zero-order chi connectivity index (χ0) is 41.9. The molecule has 0 fully saturated rings. The molecule has 0 bridgehead atoms. The fraction of sp³-hybridized carbons (Fsp3) is 0. The van der Waals surface area contributed by atoms with Crippen LogP contribution in [-0.2, 0) is 0 Å². The minimum atomic E-state index is 0.551. The number of furan rings is 1. The second kappa shape index (κ2) is 13.6. The average molecular weight is 836 g/mol. The first-order valence-electron chi connectivity index (χ1n) is 21.4. The Labute approximate surface area is 369 Å². The maximum absolute atomic E-state index is 6.38. The van der Waals surface area contributed by atoms with Gasteiger partial charge in [0.15, 0.2) is 11.6 Å². The molecule has 7 heteroatoms. The van der Waals surface area contributed by atoms with Crippen molar-refractivity contribution < 1.29 is 4.42 Å². The number of fused-ring (bicyclic) bond motifs is 12. The zero-order valence-electron chi connectivity index (χ0n) is 34.1. The van der Waals surface area contributed by atoms with Gasteiger partial charge in [0.05, 0.1) is 22.1 Å². The highest BCUT2D eigenvalue weighted by atomic mass is 32.1. The molecule has 0 atom stereocenters. The van der Waals surface area contributed by atoms with Crippen LogP contribution in [0.3, 0.4) is 0 Å². The van der Waals surface area contributed by atoms with Crippen molar-refractivity contribution in [1.29, 1.82) is 0 Å². The van der Waals surface area contributed by atoms with E-state index in [4.69, 9.17) is 19.4 Å². The van der Waals surface area contributed by atoms with Gasteiger partial charge in [-0.1, -0.05) is 127 Å². The summed E-state index contributed by atoms with van der Waals surface area (Å²) in [6.45, 7) is 0. The zero-order valence-corrected chi connectivity index (χ0v) is 34.9. The molecule has 298 valence electrons. The molecule has 0 radical (unpaired) electrons. The standard InChI is InChI=1S/C57H33N5OS/c1-2-14-36(15-3-1)61-45-22-8-4-16-37(45)43-32-34(28-30-47(43)61)35-29-31-48-44(33-35)38-17-5-9-23-46(38)62(48)57-59-55(41-20-12-25-50-53(41)39-18-6-10-24-49(39)63-50)58-56(60-57)42-21-13-27-52-54(42)40-19-7-11-26-51(40)64-52/h1-33H. The Morgan fingerprint density at radius 3 is 1.62 bits per heavy atom. The number of nitrogens with zero attached hydrogens (tertiary/aromatic N) is 5. The summed E-state index contributed by atoms with van der Waals surface area (Å²) in [6, 6.07) is 70.9. The SMILES string of the molecule is c1ccc(-n2c3ccccc3c3cc(-c4ccc5c(c4)c4ccccc4n5-c4nc(-c5cccc6oc7ccccc7c56)nc(-c5cccc6sc7ccccc7c56)n4)ccc32)cc1. The van der Waals surface area contributed by atoms with E-state index in [2.05, 4.69) is 179 Å². The van der Waals surface area contributed by atoms with Gasteiger partial charge >= 0.3 is 0 Å². The van der Waals surface area contributed by atoms with E-state index in [9.17, 15) is 0 Å². The molecule has 5 heterocycles. The van der Waals surface area contributed by atoms with Crippen LogP contribution in [0.1, 0.15) is 0 Å². The maximum atomic E-state index is 6.38. The summed E-state index contributed by atoms with van der Waals surface area (Å²) in [5.41, 5.74) is 11.3. The third-order valence-electron chi connectivity index (χ3n) is 12.8. The Kier molecular flexibility index (Phi) is 7.46. The van der Waals surface area contributed by atoms with Gasteiger partial charge in [0.25, 0.3) is 0 Å². The number of rotatable bonds is 5. The molecule has 0 aliphatic heterocycles. The molecule has 14 aromatic rings. The van der Waals surface area contributed by atoms with Crippen molar-refractivity contribution in [2.75, 3.05) is 0 Å².